The summed E-state index contributed by atoms with van der Waals surface area (Å²) in [7, 11) is 0. The molecule has 0 atom stereocenters. The van der Waals surface area contributed by atoms with Crippen LogP contribution in [0.25, 0.3) is 11.1 Å². The molecule has 0 aliphatic carbocycles. The summed E-state index contributed by atoms with van der Waals surface area (Å²) >= 11 is 0. The molecule has 2 nitrogen and oxygen atoms in total. The van der Waals surface area contributed by atoms with Gasteiger partial charge < -0.3 is 11.1 Å². The van der Waals surface area contributed by atoms with Crippen LogP contribution in [0.15, 0.2) is 60.3 Å². The maximum Gasteiger partial charge on any atom is 0.123 e. The number of benzene rings is 2. The van der Waals surface area contributed by atoms with Gasteiger partial charge in [-0.1, -0.05) is 42.0 Å². The van der Waals surface area contributed by atoms with Crippen LogP contribution in [0.4, 0.5) is 4.39 Å². The predicted octanol–water partition coefficient (Wildman–Crippen LogP) is 4.30. The first kappa shape index (κ1) is 15.6. The lowest BCUT2D eigenvalue weighted by atomic mass is 10.0. The van der Waals surface area contributed by atoms with Gasteiger partial charge in [0.2, 0.25) is 0 Å². The Hall–Kier alpha value is -2.42. The summed E-state index contributed by atoms with van der Waals surface area (Å²) < 4.78 is 12.7. The molecular formula is C17H19FN2. The molecule has 0 radical (unpaired) electrons. The van der Waals surface area contributed by atoms with Crippen LogP contribution in [-0.2, 0) is 0 Å². The van der Waals surface area contributed by atoms with Crippen molar-refractivity contribution >= 4 is 6.21 Å². The Bertz CT molecular complexity index is 525. The lowest BCUT2D eigenvalue weighted by Gasteiger charge is -2.01. The van der Waals surface area contributed by atoms with Gasteiger partial charge in [0.05, 0.1) is 0 Å². The Morgan fingerprint density at radius 2 is 1.45 bits per heavy atom. The fourth-order valence-corrected chi connectivity index (χ4v) is 1.44. The van der Waals surface area contributed by atoms with Gasteiger partial charge in [-0.2, -0.15) is 0 Å². The van der Waals surface area contributed by atoms with Crippen LogP contribution in [0.2, 0.25) is 0 Å². The molecule has 0 spiro atoms. The molecule has 0 amide bonds. The van der Waals surface area contributed by atoms with Gasteiger partial charge in [-0.05, 0) is 48.9 Å². The molecule has 3 N–H and O–H groups in total. The van der Waals surface area contributed by atoms with Crippen molar-refractivity contribution in [2.75, 3.05) is 0 Å². The zero-order valence-corrected chi connectivity index (χ0v) is 11.7. The number of halogens is 1. The molecule has 0 aliphatic heterocycles. The van der Waals surface area contributed by atoms with Gasteiger partial charge in [0.25, 0.3) is 0 Å². The molecule has 20 heavy (non-hydrogen) atoms. The Labute approximate surface area is 119 Å². The minimum absolute atomic E-state index is 0.194. The van der Waals surface area contributed by atoms with E-state index in [1.54, 1.807) is 19.1 Å². The van der Waals surface area contributed by atoms with E-state index in [9.17, 15) is 4.39 Å². The molecule has 2 aromatic rings. The van der Waals surface area contributed by atoms with E-state index in [2.05, 4.69) is 19.1 Å². The highest BCUT2D eigenvalue weighted by Gasteiger charge is 1.96. The van der Waals surface area contributed by atoms with Crippen LogP contribution in [-0.4, -0.2) is 6.21 Å². The molecule has 0 saturated heterocycles. The molecule has 0 fully saturated rings. The van der Waals surface area contributed by atoms with Gasteiger partial charge in [-0.3, -0.25) is 0 Å². The van der Waals surface area contributed by atoms with Crippen molar-refractivity contribution in [1.29, 1.82) is 5.41 Å². The number of nitrogens with one attached hydrogen (secondary N) is 1. The Balaban J connectivity index is 0.000000286. The second-order valence-electron chi connectivity index (χ2n) is 4.43. The number of rotatable bonds is 2. The van der Waals surface area contributed by atoms with Crippen LogP contribution in [0.1, 0.15) is 12.5 Å². The van der Waals surface area contributed by atoms with Crippen molar-refractivity contribution in [3.8, 4) is 11.1 Å². The lowest BCUT2D eigenvalue weighted by Crippen LogP contribution is -1.82. The van der Waals surface area contributed by atoms with E-state index in [-0.39, 0.29) is 5.82 Å². The molecule has 2 aromatic carbocycles. The highest BCUT2D eigenvalue weighted by Crippen LogP contribution is 2.19. The van der Waals surface area contributed by atoms with Crippen molar-refractivity contribution in [1.82, 2.24) is 0 Å². The Morgan fingerprint density at radius 3 is 1.80 bits per heavy atom. The topological polar surface area (TPSA) is 49.9 Å². The van der Waals surface area contributed by atoms with Crippen molar-refractivity contribution in [2.24, 2.45) is 5.73 Å². The van der Waals surface area contributed by atoms with E-state index in [0.717, 1.165) is 16.7 Å². The maximum absolute atomic E-state index is 12.7. The van der Waals surface area contributed by atoms with Crippen LogP contribution < -0.4 is 5.73 Å². The zero-order chi connectivity index (χ0) is 15.0. The number of hydrogen-bond acceptors (Lipinski definition) is 2. The van der Waals surface area contributed by atoms with E-state index in [1.807, 2.05) is 12.1 Å². The highest BCUT2D eigenvalue weighted by molar-refractivity contribution is 5.74. The summed E-state index contributed by atoms with van der Waals surface area (Å²) in [5.41, 5.74) is 9.16. The van der Waals surface area contributed by atoms with Crippen LogP contribution in [0.5, 0.6) is 0 Å². The van der Waals surface area contributed by atoms with Gasteiger partial charge in [0.1, 0.15) is 5.82 Å². The quantitative estimate of drug-likeness (QED) is 0.785. The largest absolute Gasteiger partial charge is 0.404 e. The maximum atomic E-state index is 12.7. The van der Waals surface area contributed by atoms with Gasteiger partial charge in [-0.15, -0.1) is 0 Å². The molecular weight excluding hydrogens is 251 g/mol. The minimum atomic E-state index is -0.194. The van der Waals surface area contributed by atoms with E-state index in [4.69, 9.17) is 11.1 Å². The predicted molar refractivity (Wildman–Crippen MR) is 83.3 cm³/mol. The fourth-order valence-electron chi connectivity index (χ4n) is 1.44. The van der Waals surface area contributed by atoms with Crippen molar-refractivity contribution in [3.63, 3.8) is 0 Å². The number of nitrogens with two attached hydrogens (primary N) is 1. The molecule has 3 heteroatoms. The normalized spacial score (nSPS) is 10.4. The molecule has 0 bridgehead atoms. The van der Waals surface area contributed by atoms with Gasteiger partial charge in [0.15, 0.2) is 0 Å². The zero-order valence-electron chi connectivity index (χ0n) is 11.7. The monoisotopic (exact) mass is 270 g/mol. The summed E-state index contributed by atoms with van der Waals surface area (Å²) in [4.78, 5) is 0. The van der Waals surface area contributed by atoms with E-state index in [1.165, 1.54) is 30.1 Å². The standard InChI is InChI=1S/C13H11F.C4H8N2/c1-10-2-4-11(5-3-10)12-6-8-13(14)9-7-12;1-4(2-5)3-6/h2-9H,1H3;2-3,5H,6H2,1H3/b;4-3-,5-2?. The van der Waals surface area contributed by atoms with Crippen molar-refractivity contribution in [2.45, 2.75) is 13.8 Å². The molecule has 2 rings (SSSR count). The highest BCUT2D eigenvalue weighted by atomic mass is 19.1. The third-order valence-corrected chi connectivity index (χ3v) is 2.72. The second-order valence-corrected chi connectivity index (χ2v) is 4.43. The molecule has 0 aliphatic rings. The Kier molecular flexibility index (Phi) is 6.17. The molecule has 0 aromatic heterocycles. The average Bonchev–Trinajstić information content (AvgIpc) is 2.49. The first-order chi connectivity index (χ1) is 9.56. The third-order valence-electron chi connectivity index (χ3n) is 2.72. The smallest absolute Gasteiger partial charge is 0.123 e. The van der Waals surface area contributed by atoms with Crippen LogP contribution >= 0.6 is 0 Å². The first-order valence-electron chi connectivity index (χ1n) is 6.28. The average molecular weight is 270 g/mol. The van der Waals surface area contributed by atoms with Crippen LogP contribution in [0, 0.1) is 18.2 Å². The SMILES string of the molecule is C/C(C=N)=C/N.Cc1ccc(-c2ccc(F)cc2)cc1. The fraction of sp³-hybridized carbons (Fsp3) is 0.118. The molecule has 0 saturated carbocycles. The van der Waals surface area contributed by atoms with Gasteiger partial charge in [-0.25, -0.2) is 4.39 Å². The molecule has 0 heterocycles. The number of aryl methyl sites for hydroxylation is 1. The second kappa shape index (κ2) is 7.89. The van der Waals surface area contributed by atoms with Gasteiger partial charge in [0, 0.05) is 6.21 Å². The molecule has 104 valence electrons. The number of hydrogen-bond donors (Lipinski definition) is 2. The van der Waals surface area contributed by atoms with E-state index in [0.29, 0.717) is 0 Å². The van der Waals surface area contributed by atoms with Crippen molar-refractivity contribution < 1.29 is 4.39 Å². The summed E-state index contributed by atoms with van der Waals surface area (Å²) in [6.45, 7) is 3.82. The van der Waals surface area contributed by atoms with E-state index < -0.39 is 0 Å². The Morgan fingerprint density at radius 1 is 1.00 bits per heavy atom. The minimum Gasteiger partial charge on any atom is -0.404 e. The molecule has 0 unspecified atom stereocenters. The summed E-state index contributed by atoms with van der Waals surface area (Å²) in [5.74, 6) is -0.194. The van der Waals surface area contributed by atoms with Gasteiger partial charge >= 0.3 is 0 Å². The summed E-state index contributed by atoms with van der Waals surface area (Å²) in [5, 5.41) is 6.54. The first-order valence-corrected chi connectivity index (χ1v) is 6.28. The lowest BCUT2D eigenvalue weighted by molar-refractivity contribution is 0.628. The summed E-state index contributed by atoms with van der Waals surface area (Å²) in [6.07, 6.45) is 2.60. The van der Waals surface area contributed by atoms with Crippen molar-refractivity contribution in [3.05, 3.63) is 71.7 Å². The van der Waals surface area contributed by atoms with Crippen LogP contribution in [0.3, 0.4) is 0 Å². The third kappa shape index (κ3) is 5.06. The summed E-state index contributed by atoms with van der Waals surface area (Å²) in [6, 6.07) is 14.7. The van der Waals surface area contributed by atoms with E-state index >= 15 is 0 Å². The number of allylic oxidation sites excluding steroid dienone is 1.